The van der Waals surface area contributed by atoms with Gasteiger partial charge in [-0.1, -0.05) is 30.3 Å². The molecule has 2 aromatic carbocycles. The molecule has 0 amide bonds. The van der Waals surface area contributed by atoms with E-state index < -0.39 is 12.1 Å². The smallest absolute Gasteiger partial charge is 0.344 e. The number of esters is 1. The number of ketones is 1. The Labute approximate surface area is 177 Å². The maximum Gasteiger partial charge on any atom is 0.344 e. The number of hydrogen-bond donors (Lipinski definition) is 2. The normalized spacial score (nSPS) is 12.4. The lowest BCUT2D eigenvalue weighted by Crippen LogP contribution is -3.00. The van der Waals surface area contributed by atoms with Gasteiger partial charge in [-0.25, -0.2) is 4.79 Å². The van der Waals surface area contributed by atoms with Gasteiger partial charge in [0.1, 0.15) is 17.9 Å². The summed E-state index contributed by atoms with van der Waals surface area (Å²) in [5.74, 6) is 0.107. The zero-order chi connectivity index (χ0) is 20.4. The van der Waals surface area contributed by atoms with Gasteiger partial charge in [-0.15, -0.1) is 0 Å². The second kappa shape index (κ2) is 12.9. The number of benzene rings is 2. The first-order chi connectivity index (χ1) is 13.5. The molecule has 0 heterocycles. The average molecular weight is 422 g/mol. The molecule has 0 radical (unpaired) electrons. The summed E-state index contributed by atoms with van der Waals surface area (Å²) in [6.07, 6.45) is -0.207. The molecule has 0 fully saturated rings. The number of quaternary nitrogens is 1. The zero-order valence-corrected chi connectivity index (χ0v) is 17.5. The molecule has 0 saturated carbocycles. The Morgan fingerprint density at radius 1 is 1.07 bits per heavy atom. The zero-order valence-electron chi connectivity index (χ0n) is 16.7. The molecule has 0 aromatic heterocycles. The monoisotopic (exact) mass is 421 g/mol. The third-order valence-corrected chi connectivity index (χ3v) is 4.39. The van der Waals surface area contributed by atoms with Crippen molar-refractivity contribution < 1.29 is 41.9 Å². The first-order valence-corrected chi connectivity index (χ1v) is 9.49. The van der Waals surface area contributed by atoms with Crippen LogP contribution in [0.25, 0.3) is 0 Å². The van der Waals surface area contributed by atoms with E-state index in [0.29, 0.717) is 30.9 Å². The summed E-state index contributed by atoms with van der Waals surface area (Å²) in [5.41, 5.74) is 1.46. The Bertz CT molecular complexity index is 752. The van der Waals surface area contributed by atoms with Gasteiger partial charge in [0.15, 0.2) is 12.4 Å². The topological polar surface area (TPSA) is 89.4 Å². The van der Waals surface area contributed by atoms with Gasteiger partial charge in [0.2, 0.25) is 0 Å². The van der Waals surface area contributed by atoms with Gasteiger partial charge < -0.3 is 32.3 Å². The van der Waals surface area contributed by atoms with Crippen molar-refractivity contribution in [2.75, 3.05) is 19.8 Å². The van der Waals surface area contributed by atoms with Gasteiger partial charge >= 0.3 is 5.97 Å². The summed E-state index contributed by atoms with van der Waals surface area (Å²) in [7, 11) is 0. The van der Waals surface area contributed by atoms with Crippen LogP contribution in [-0.2, 0) is 9.53 Å². The molecule has 2 atom stereocenters. The van der Waals surface area contributed by atoms with Crippen LogP contribution in [0.5, 0.6) is 5.75 Å². The number of nitrogens with two attached hydrogens (primary N) is 1. The number of hydrogen-bond acceptors (Lipinski definition) is 5. The van der Waals surface area contributed by atoms with Crippen LogP contribution in [0.4, 0.5) is 0 Å². The van der Waals surface area contributed by atoms with Crippen LogP contribution in [0.1, 0.15) is 42.3 Å². The van der Waals surface area contributed by atoms with E-state index in [1.165, 1.54) is 0 Å². The lowest BCUT2D eigenvalue weighted by atomic mass is 10.0. The maximum atomic E-state index is 12.3. The molecule has 0 spiro atoms. The molecule has 2 aromatic rings. The lowest BCUT2D eigenvalue weighted by molar-refractivity contribution is -0.693. The predicted octanol–water partition coefficient (Wildman–Crippen LogP) is -1.11. The van der Waals surface area contributed by atoms with Gasteiger partial charge in [-0.05, 0) is 43.7 Å². The van der Waals surface area contributed by atoms with Crippen LogP contribution in [-0.4, -0.2) is 42.7 Å². The number of ether oxygens (including phenoxy) is 2. The fourth-order valence-electron chi connectivity index (χ4n) is 2.79. The molecular weight excluding hydrogens is 394 g/mol. The quantitative estimate of drug-likeness (QED) is 0.355. The van der Waals surface area contributed by atoms with Gasteiger partial charge in [-0.2, -0.15) is 0 Å². The molecule has 2 rings (SSSR count). The summed E-state index contributed by atoms with van der Waals surface area (Å²) in [6.45, 7) is 4.42. The van der Waals surface area contributed by atoms with E-state index in [4.69, 9.17) is 9.47 Å². The van der Waals surface area contributed by atoms with E-state index >= 15 is 0 Å². The second-order valence-corrected chi connectivity index (χ2v) is 6.53. The first-order valence-electron chi connectivity index (χ1n) is 9.49. The number of Topliss-reactive ketones (excluding diaryl/α,β-unsaturated/α-hetero) is 1. The number of halogens is 1. The summed E-state index contributed by atoms with van der Waals surface area (Å²) in [4.78, 5) is 23.6. The Morgan fingerprint density at radius 3 is 2.34 bits per heavy atom. The minimum Gasteiger partial charge on any atom is -1.00 e. The van der Waals surface area contributed by atoms with Crippen molar-refractivity contribution in [3.05, 3.63) is 65.7 Å². The molecule has 158 valence electrons. The van der Waals surface area contributed by atoms with Gasteiger partial charge in [0.25, 0.3) is 0 Å². The molecule has 7 heteroatoms. The summed E-state index contributed by atoms with van der Waals surface area (Å²) < 4.78 is 10.1. The van der Waals surface area contributed by atoms with Gasteiger partial charge in [0.05, 0.1) is 19.6 Å². The highest BCUT2D eigenvalue weighted by molar-refractivity contribution is 5.96. The summed E-state index contributed by atoms with van der Waals surface area (Å²) >= 11 is 0. The standard InChI is InChI=1S/C22H27NO5.ClH/c1-3-27-21(25)15-28-19-11-9-17(10-12-19)20(24)13-14-23-16(2)22(26)18-7-5-4-6-8-18;/h4-12,16,22-23,26H,3,13-15H2,1-2H3;1H. The summed E-state index contributed by atoms with van der Waals surface area (Å²) in [6, 6.07) is 16.2. The number of carbonyl (C=O) groups excluding carboxylic acids is 2. The Kier molecular flexibility index (Phi) is 11.0. The molecular formula is C22H28ClNO5. The highest BCUT2D eigenvalue weighted by atomic mass is 35.5. The van der Waals surface area contributed by atoms with Crippen molar-refractivity contribution in [2.24, 2.45) is 0 Å². The third-order valence-electron chi connectivity index (χ3n) is 4.39. The van der Waals surface area contributed by atoms with E-state index in [1.54, 1.807) is 31.2 Å². The molecule has 6 nitrogen and oxygen atoms in total. The molecule has 0 aliphatic rings. The lowest BCUT2D eigenvalue weighted by Gasteiger charge is -2.17. The largest absolute Gasteiger partial charge is 1.00 e. The molecule has 2 unspecified atom stereocenters. The van der Waals surface area contributed by atoms with Crippen molar-refractivity contribution in [2.45, 2.75) is 32.4 Å². The molecule has 29 heavy (non-hydrogen) atoms. The molecule has 0 aliphatic heterocycles. The minimum absolute atomic E-state index is 0. The third kappa shape index (κ3) is 8.23. The maximum absolute atomic E-state index is 12.3. The average Bonchev–Trinajstić information content (AvgIpc) is 2.72. The van der Waals surface area contributed by atoms with Crippen molar-refractivity contribution in [3.63, 3.8) is 0 Å². The number of rotatable bonds is 11. The highest BCUT2D eigenvalue weighted by Gasteiger charge is 2.19. The Balaban J connectivity index is 0.00000420. The first kappa shape index (κ1) is 24.6. The Hall–Kier alpha value is -2.41. The van der Waals surface area contributed by atoms with Crippen LogP contribution in [0.2, 0.25) is 0 Å². The van der Waals surface area contributed by atoms with E-state index in [9.17, 15) is 14.7 Å². The minimum atomic E-state index is -0.577. The van der Waals surface area contributed by atoms with Crippen LogP contribution >= 0.6 is 0 Å². The van der Waals surface area contributed by atoms with E-state index in [2.05, 4.69) is 0 Å². The van der Waals surface area contributed by atoms with E-state index in [1.807, 2.05) is 42.6 Å². The number of aliphatic hydroxyl groups is 1. The number of aliphatic hydroxyl groups excluding tert-OH is 1. The van der Waals surface area contributed by atoms with Gasteiger partial charge in [0, 0.05) is 5.56 Å². The van der Waals surface area contributed by atoms with E-state index in [0.717, 1.165) is 5.56 Å². The second-order valence-electron chi connectivity index (χ2n) is 6.53. The van der Waals surface area contributed by atoms with E-state index in [-0.39, 0.29) is 30.8 Å². The molecule has 0 saturated heterocycles. The van der Waals surface area contributed by atoms with Crippen molar-refractivity contribution in [1.29, 1.82) is 0 Å². The fraction of sp³-hybridized carbons (Fsp3) is 0.364. The SMILES string of the molecule is CCOC(=O)COc1ccc(C(=O)CC[NH2+]C(C)C(O)c2ccccc2)cc1.[Cl-]. The van der Waals surface area contributed by atoms with Crippen LogP contribution in [0.3, 0.4) is 0 Å². The van der Waals surface area contributed by atoms with Crippen LogP contribution in [0.15, 0.2) is 54.6 Å². The van der Waals surface area contributed by atoms with Crippen LogP contribution in [0, 0.1) is 0 Å². The van der Waals surface area contributed by atoms with Crippen molar-refractivity contribution in [1.82, 2.24) is 0 Å². The molecule has 0 bridgehead atoms. The Morgan fingerprint density at radius 2 is 1.72 bits per heavy atom. The van der Waals surface area contributed by atoms with Crippen LogP contribution < -0.4 is 22.5 Å². The van der Waals surface area contributed by atoms with Crippen molar-refractivity contribution in [3.8, 4) is 5.75 Å². The molecule has 0 aliphatic carbocycles. The molecule has 3 N–H and O–H groups in total. The highest BCUT2D eigenvalue weighted by Crippen LogP contribution is 2.15. The van der Waals surface area contributed by atoms with Gasteiger partial charge in [-0.3, -0.25) is 4.79 Å². The number of carbonyl (C=O) groups is 2. The predicted molar refractivity (Wildman–Crippen MR) is 105 cm³/mol. The fourth-order valence-corrected chi connectivity index (χ4v) is 2.79. The van der Waals surface area contributed by atoms with Crippen molar-refractivity contribution >= 4 is 11.8 Å². The summed E-state index contributed by atoms with van der Waals surface area (Å²) in [5, 5.41) is 12.3.